The summed E-state index contributed by atoms with van der Waals surface area (Å²) in [5.41, 5.74) is 5.15. The van der Waals surface area contributed by atoms with Crippen LogP contribution < -0.4 is 15.2 Å². The predicted molar refractivity (Wildman–Crippen MR) is 64.7 cm³/mol. The molecule has 2 aromatic rings. The van der Waals surface area contributed by atoms with E-state index in [-0.39, 0.29) is 11.6 Å². The number of carbonyl (C=O) groups excluding carboxylic acids is 1. The lowest BCUT2D eigenvalue weighted by atomic mass is 10.3. The molecule has 1 aromatic carbocycles. The van der Waals surface area contributed by atoms with Gasteiger partial charge in [0.05, 0.1) is 7.11 Å². The number of nitrogens with zero attached hydrogens (tertiary/aromatic N) is 1. The number of primary amides is 1. The van der Waals surface area contributed by atoms with Gasteiger partial charge < -0.3 is 15.2 Å². The van der Waals surface area contributed by atoms with Gasteiger partial charge in [0.1, 0.15) is 17.2 Å². The van der Waals surface area contributed by atoms with E-state index in [1.807, 2.05) is 0 Å². The molecule has 0 unspecified atom stereocenters. The number of hydrogen-bond donors (Lipinski definition) is 1. The van der Waals surface area contributed by atoms with Crippen molar-refractivity contribution in [1.29, 1.82) is 0 Å². The Labute approximate surface area is 104 Å². The van der Waals surface area contributed by atoms with Crippen LogP contribution in [0.3, 0.4) is 0 Å². The SMILES string of the molecule is COc1ccc(Oc2cc[c]c(C(N)=O)n2)cc1. The monoisotopic (exact) mass is 243 g/mol. The molecule has 0 saturated carbocycles. The minimum atomic E-state index is -0.643. The Morgan fingerprint density at radius 2 is 1.89 bits per heavy atom. The van der Waals surface area contributed by atoms with Gasteiger partial charge in [0.25, 0.3) is 5.91 Å². The molecule has 0 aliphatic heterocycles. The molecule has 1 heterocycles. The lowest BCUT2D eigenvalue weighted by Crippen LogP contribution is -2.13. The molecule has 91 valence electrons. The molecular formula is C13H11N2O3. The molecule has 1 aromatic heterocycles. The highest BCUT2D eigenvalue weighted by molar-refractivity contribution is 5.90. The first-order valence-corrected chi connectivity index (χ1v) is 5.19. The van der Waals surface area contributed by atoms with Crippen LogP contribution in [0.1, 0.15) is 10.5 Å². The van der Waals surface area contributed by atoms with E-state index in [9.17, 15) is 4.79 Å². The maximum atomic E-state index is 10.9. The minimum Gasteiger partial charge on any atom is -0.497 e. The van der Waals surface area contributed by atoms with Crippen LogP contribution in [0, 0.1) is 6.07 Å². The zero-order chi connectivity index (χ0) is 13.0. The third kappa shape index (κ3) is 2.76. The standard InChI is InChI=1S/C13H11N2O3/c1-17-9-5-7-10(8-6-9)18-12-4-2-3-11(15-12)13(14)16/h2,4-8H,1H3,(H2,14,16). The Kier molecular flexibility index (Phi) is 3.43. The number of rotatable bonds is 4. The highest BCUT2D eigenvalue weighted by Crippen LogP contribution is 2.22. The molecule has 0 saturated heterocycles. The third-order valence-electron chi connectivity index (χ3n) is 2.18. The highest BCUT2D eigenvalue weighted by atomic mass is 16.5. The Hall–Kier alpha value is -2.56. The molecule has 2 N–H and O–H groups in total. The predicted octanol–water partition coefficient (Wildman–Crippen LogP) is 1.78. The van der Waals surface area contributed by atoms with Crippen LogP contribution >= 0.6 is 0 Å². The molecule has 2 rings (SSSR count). The van der Waals surface area contributed by atoms with Gasteiger partial charge in [-0.1, -0.05) is 0 Å². The van der Waals surface area contributed by atoms with Crippen LogP contribution in [0.2, 0.25) is 0 Å². The van der Waals surface area contributed by atoms with Gasteiger partial charge in [0.2, 0.25) is 5.88 Å². The summed E-state index contributed by atoms with van der Waals surface area (Å²) in [6.45, 7) is 0. The van der Waals surface area contributed by atoms with E-state index in [1.165, 1.54) is 6.07 Å². The van der Waals surface area contributed by atoms with E-state index in [0.29, 0.717) is 5.75 Å². The molecule has 0 spiro atoms. The lowest BCUT2D eigenvalue weighted by molar-refractivity contribution is 0.0994. The summed E-state index contributed by atoms with van der Waals surface area (Å²) < 4.78 is 10.5. The van der Waals surface area contributed by atoms with E-state index < -0.39 is 5.91 Å². The molecule has 0 aliphatic rings. The second kappa shape index (κ2) is 5.18. The topological polar surface area (TPSA) is 74.4 Å². The van der Waals surface area contributed by atoms with E-state index >= 15 is 0 Å². The van der Waals surface area contributed by atoms with Crippen molar-refractivity contribution in [2.75, 3.05) is 7.11 Å². The largest absolute Gasteiger partial charge is 0.497 e. The van der Waals surface area contributed by atoms with Crippen molar-refractivity contribution in [3.63, 3.8) is 0 Å². The Morgan fingerprint density at radius 3 is 2.50 bits per heavy atom. The quantitative estimate of drug-likeness (QED) is 0.888. The number of carbonyl (C=O) groups is 1. The average molecular weight is 243 g/mol. The van der Waals surface area contributed by atoms with Gasteiger partial charge in [-0.2, -0.15) is 0 Å². The second-order valence-corrected chi connectivity index (χ2v) is 3.42. The first-order valence-electron chi connectivity index (χ1n) is 5.19. The van der Waals surface area contributed by atoms with Crippen molar-refractivity contribution in [3.05, 3.63) is 48.2 Å². The van der Waals surface area contributed by atoms with E-state index in [1.54, 1.807) is 37.4 Å². The molecule has 0 bridgehead atoms. The Bertz CT molecular complexity index is 552. The van der Waals surface area contributed by atoms with Gasteiger partial charge in [-0.3, -0.25) is 4.79 Å². The Morgan fingerprint density at radius 1 is 1.22 bits per heavy atom. The molecule has 0 atom stereocenters. The van der Waals surface area contributed by atoms with Gasteiger partial charge in [-0.25, -0.2) is 4.98 Å². The average Bonchev–Trinajstić information content (AvgIpc) is 2.40. The van der Waals surface area contributed by atoms with Gasteiger partial charge >= 0.3 is 0 Å². The first-order chi connectivity index (χ1) is 8.69. The fourth-order valence-corrected chi connectivity index (χ4v) is 1.32. The molecule has 18 heavy (non-hydrogen) atoms. The van der Waals surface area contributed by atoms with Crippen LogP contribution in [0.5, 0.6) is 17.4 Å². The van der Waals surface area contributed by atoms with E-state index in [2.05, 4.69) is 11.1 Å². The fourth-order valence-electron chi connectivity index (χ4n) is 1.32. The number of amides is 1. The van der Waals surface area contributed by atoms with Crippen LogP contribution in [0.4, 0.5) is 0 Å². The van der Waals surface area contributed by atoms with Gasteiger partial charge in [0.15, 0.2) is 0 Å². The molecule has 5 heteroatoms. The van der Waals surface area contributed by atoms with Crippen molar-refractivity contribution in [2.24, 2.45) is 5.73 Å². The first kappa shape index (κ1) is 11.9. The minimum absolute atomic E-state index is 0.0426. The zero-order valence-corrected chi connectivity index (χ0v) is 9.71. The number of methoxy groups -OCH3 is 1. The summed E-state index contributed by atoms with van der Waals surface area (Å²) in [6, 6.07) is 12.8. The second-order valence-electron chi connectivity index (χ2n) is 3.42. The van der Waals surface area contributed by atoms with Gasteiger partial charge in [0, 0.05) is 12.1 Å². The molecule has 0 aliphatic carbocycles. The maximum Gasteiger partial charge on any atom is 0.268 e. The number of pyridine rings is 1. The van der Waals surface area contributed by atoms with Crippen LogP contribution in [0.25, 0.3) is 0 Å². The van der Waals surface area contributed by atoms with Crippen molar-refractivity contribution in [3.8, 4) is 17.4 Å². The smallest absolute Gasteiger partial charge is 0.268 e. The molecular weight excluding hydrogens is 232 g/mol. The van der Waals surface area contributed by atoms with E-state index in [4.69, 9.17) is 15.2 Å². The van der Waals surface area contributed by atoms with Crippen LogP contribution in [-0.4, -0.2) is 18.0 Å². The Balaban J connectivity index is 2.17. The normalized spacial score (nSPS) is 9.83. The van der Waals surface area contributed by atoms with Crippen molar-refractivity contribution >= 4 is 5.91 Å². The zero-order valence-electron chi connectivity index (χ0n) is 9.71. The summed E-state index contributed by atoms with van der Waals surface area (Å²) in [5.74, 6) is 0.961. The summed E-state index contributed by atoms with van der Waals surface area (Å²) in [6.07, 6.45) is 0. The number of aromatic nitrogens is 1. The molecule has 0 fully saturated rings. The fraction of sp³-hybridized carbons (Fsp3) is 0.0769. The molecule has 1 radical (unpaired) electrons. The summed E-state index contributed by atoms with van der Waals surface area (Å²) >= 11 is 0. The maximum absolute atomic E-state index is 10.9. The number of benzene rings is 1. The summed E-state index contributed by atoms with van der Waals surface area (Å²) in [4.78, 5) is 14.9. The van der Waals surface area contributed by atoms with Crippen molar-refractivity contribution in [2.45, 2.75) is 0 Å². The van der Waals surface area contributed by atoms with Crippen molar-refractivity contribution < 1.29 is 14.3 Å². The van der Waals surface area contributed by atoms with Gasteiger partial charge in [-0.05, 0) is 30.3 Å². The van der Waals surface area contributed by atoms with Crippen LogP contribution in [-0.2, 0) is 0 Å². The van der Waals surface area contributed by atoms with Crippen molar-refractivity contribution in [1.82, 2.24) is 4.98 Å². The van der Waals surface area contributed by atoms with Crippen LogP contribution in [0.15, 0.2) is 36.4 Å². The molecule has 5 nitrogen and oxygen atoms in total. The lowest BCUT2D eigenvalue weighted by Gasteiger charge is -2.06. The number of ether oxygens (including phenoxy) is 2. The molecule has 1 amide bonds. The highest BCUT2D eigenvalue weighted by Gasteiger charge is 2.05. The number of hydrogen-bond acceptors (Lipinski definition) is 4. The van der Waals surface area contributed by atoms with Gasteiger partial charge in [-0.15, -0.1) is 0 Å². The third-order valence-corrected chi connectivity index (χ3v) is 2.18. The summed E-state index contributed by atoms with van der Waals surface area (Å²) in [7, 11) is 1.59. The summed E-state index contributed by atoms with van der Waals surface area (Å²) in [5, 5.41) is 0. The number of nitrogens with two attached hydrogens (primary N) is 1. The van der Waals surface area contributed by atoms with E-state index in [0.717, 1.165) is 5.75 Å².